The van der Waals surface area contributed by atoms with Crippen molar-refractivity contribution in [1.29, 1.82) is 5.26 Å². The molecule has 3 saturated carbocycles. The minimum Gasteiger partial charge on any atom is -0.484 e. The molecule has 3 fully saturated rings. The van der Waals surface area contributed by atoms with Crippen molar-refractivity contribution in [2.24, 2.45) is 46.8 Å². The summed E-state index contributed by atoms with van der Waals surface area (Å²) < 4.78 is 19.2. The molecule has 0 N–H and O–H groups in total. The Hall–Kier alpha value is -1.89. The first-order chi connectivity index (χ1) is 15.8. The molecule has 3 aliphatic carbocycles. The van der Waals surface area contributed by atoms with Gasteiger partial charge in [0.2, 0.25) is 0 Å². The van der Waals surface area contributed by atoms with Crippen LogP contribution in [0, 0.1) is 64.0 Å². The standard InChI is InChI=1S/C29H40FNO2/c1-5-7-22-19(6-2)8-10-24-23(22)12-13-29(4)25(24)14-18(3)28(29)26(32)17-33-27-11-9-21(30)15-20(27)16-31/h9,11,15,18-19,22-25,28H,5-8,10,12-14,17H2,1-4H3. The molecule has 0 radical (unpaired) electrons. The molecule has 33 heavy (non-hydrogen) atoms. The van der Waals surface area contributed by atoms with Gasteiger partial charge in [0.15, 0.2) is 5.78 Å². The number of rotatable bonds is 7. The van der Waals surface area contributed by atoms with E-state index in [1.54, 1.807) is 0 Å². The molecule has 0 saturated heterocycles. The van der Waals surface area contributed by atoms with E-state index in [-0.39, 0.29) is 29.3 Å². The van der Waals surface area contributed by atoms with Crippen molar-refractivity contribution in [2.75, 3.05) is 6.61 Å². The topological polar surface area (TPSA) is 50.1 Å². The molecule has 3 nitrogen and oxygen atoms in total. The van der Waals surface area contributed by atoms with Gasteiger partial charge in [-0.3, -0.25) is 4.79 Å². The van der Waals surface area contributed by atoms with Crippen LogP contribution in [0.25, 0.3) is 0 Å². The molecule has 0 heterocycles. The lowest BCUT2D eigenvalue weighted by Crippen LogP contribution is -2.49. The molecule has 0 spiro atoms. The van der Waals surface area contributed by atoms with Crippen LogP contribution in [0.5, 0.6) is 5.75 Å². The highest BCUT2D eigenvalue weighted by atomic mass is 19.1. The van der Waals surface area contributed by atoms with E-state index in [9.17, 15) is 14.4 Å². The van der Waals surface area contributed by atoms with Gasteiger partial charge < -0.3 is 4.74 Å². The van der Waals surface area contributed by atoms with E-state index < -0.39 is 5.82 Å². The van der Waals surface area contributed by atoms with Crippen LogP contribution in [-0.2, 0) is 4.79 Å². The second kappa shape index (κ2) is 9.77. The molecule has 1 aromatic rings. The lowest BCUT2D eigenvalue weighted by Gasteiger charge is -2.54. The molecule has 0 bridgehead atoms. The predicted octanol–water partition coefficient (Wildman–Crippen LogP) is 7.19. The summed E-state index contributed by atoms with van der Waals surface area (Å²) in [6, 6.07) is 5.86. The number of nitriles is 1. The maximum absolute atomic E-state index is 13.5. The molecule has 4 rings (SSSR count). The molecule has 0 aliphatic heterocycles. The van der Waals surface area contributed by atoms with Gasteiger partial charge >= 0.3 is 0 Å². The lowest BCUT2D eigenvalue weighted by molar-refractivity contribution is -0.133. The van der Waals surface area contributed by atoms with Gasteiger partial charge in [0.05, 0.1) is 5.56 Å². The Morgan fingerprint density at radius 3 is 2.73 bits per heavy atom. The van der Waals surface area contributed by atoms with E-state index in [0.717, 1.165) is 42.6 Å². The largest absolute Gasteiger partial charge is 0.484 e. The Morgan fingerprint density at radius 1 is 1.24 bits per heavy atom. The number of hydrogen-bond donors (Lipinski definition) is 0. The van der Waals surface area contributed by atoms with Gasteiger partial charge in [-0.05, 0) is 91.2 Å². The van der Waals surface area contributed by atoms with Gasteiger partial charge in [-0.1, -0.05) is 47.0 Å². The quantitative estimate of drug-likeness (QED) is 0.439. The smallest absolute Gasteiger partial charge is 0.174 e. The van der Waals surface area contributed by atoms with Crippen LogP contribution in [0.15, 0.2) is 18.2 Å². The van der Waals surface area contributed by atoms with E-state index >= 15 is 0 Å². The van der Waals surface area contributed by atoms with E-state index in [4.69, 9.17) is 4.74 Å². The number of benzene rings is 1. The zero-order valence-electron chi connectivity index (χ0n) is 20.8. The first kappa shape index (κ1) is 24.2. The molecular formula is C29H40FNO2. The summed E-state index contributed by atoms with van der Waals surface area (Å²) in [6.07, 6.45) is 10.1. The second-order valence-electron chi connectivity index (χ2n) is 11.4. The lowest BCUT2D eigenvalue weighted by atomic mass is 9.50. The van der Waals surface area contributed by atoms with Gasteiger partial charge in [-0.15, -0.1) is 0 Å². The number of nitrogens with zero attached hydrogens (tertiary/aromatic N) is 1. The van der Waals surface area contributed by atoms with E-state index in [1.807, 2.05) is 6.07 Å². The summed E-state index contributed by atoms with van der Waals surface area (Å²) in [6.45, 7) is 9.28. The summed E-state index contributed by atoms with van der Waals surface area (Å²) in [5, 5.41) is 9.28. The third kappa shape index (κ3) is 4.33. The van der Waals surface area contributed by atoms with Crippen LogP contribution >= 0.6 is 0 Å². The van der Waals surface area contributed by atoms with Crippen molar-refractivity contribution < 1.29 is 13.9 Å². The van der Waals surface area contributed by atoms with Crippen LogP contribution in [0.2, 0.25) is 0 Å². The normalized spacial score (nSPS) is 37.6. The highest BCUT2D eigenvalue weighted by Crippen LogP contribution is 2.65. The molecular weight excluding hydrogens is 413 g/mol. The summed E-state index contributed by atoms with van der Waals surface area (Å²) in [5.74, 6) is 4.27. The van der Waals surface area contributed by atoms with E-state index in [2.05, 4.69) is 27.7 Å². The molecule has 1 aromatic carbocycles. The van der Waals surface area contributed by atoms with Crippen LogP contribution in [0.3, 0.4) is 0 Å². The van der Waals surface area contributed by atoms with Crippen molar-refractivity contribution in [3.8, 4) is 11.8 Å². The maximum Gasteiger partial charge on any atom is 0.174 e. The highest BCUT2D eigenvalue weighted by Gasteiger charge is 2.60. The zero-order chi connectivity index (χ0) is 23.8. The number of ketones is 1. The Kier molecular flexibility index (Phi) is 7.18. The van der Waals surface area contributed by atoms with Crippen molar-refractivity contribution in [3.63, 3.8) is 0 Å². The molecule has 180 valence electrons. The predicted molar refractivity (Wildman–Crippen MR) is 128 cm³/mol. The Morgan fingerprint density at radius 2 is 2.03 bits per heavy atom. The van der Waals surface area contributed by atoms with Crippen molar-refractivity contribution in [3.05, 3.63) is 29.6 Å². The fourth-order valence-electron chi connectivity index (χ4n) is 8.53. The number of carbonyl (C=O) groups excluding carboxylic acids is 1. The van der Waals surface area contributed by atoms with Crippen molar-refractivity contribution in [2.45, 2.75) is 79.1 Å². The third-order valence-corrected chi connectivity index (χ3v) is 9.79. The van der Waals surface area contributed by atoms with Gasteiger partial charge in [-0.2, -0.15) is 5.26 Å². The average molecular weight is 454 g/mol. The van der Waals surface area contributed by atoms with Crippen LogP contribution in [0.4, 0.5) is 4.39 Å². The van der Waals surface area contributed by atoms with Gasteiger partial charge in [0.1, 0.15) is 24.2 Å². The Balaban J connectivity index is 1.50. The second-order valence-corrected chi connectivity index (χ2v) is 11.4. The fourth-order valence-corrected chi connectivity index (χ4v) is 8.53. The Bertz CT molecular complexity index is 907. The first-order valence-corrected chi connectivity index (χ1v) is 13.2. The molecule has 8 unspecified atom stereocenters. The summed E-state index contributed by atoms with van der Waals surface area (Å²) in [5.41, 5.74) is 0.180. The Labute approximate surface area is 199 Å². The molecule has 0 amide bonds. The molecule has 8 atom stereocenters. The number of hydrogen-bond acceptors (Lipinski definition) is 3. The molecule has 0 aromatic heterocycles. The number of fused-ring (bicyclic) bond motifs is 3. The maximum atomic E-state index is 13.5. The number of carbonyl (C=O) groups is 1. The van der Waals surface area contributed by atoms with Gasteiger partial charge in [0.25, 0.3) is 0 Å². The third-order valence-electron chi connectivity index (χ3n) is 9.79. The van der Waals surface area contributed by atoms with Crippen LogP contribution in [-0.4, -0.2) is 12.4 Å². The summed E-state index contributed by atoms with van der Waals surface area (Å²) in [7, 11) is 0. The SMILES string of the molecule is CCCC1C(CC)CCC2C1CCC1(C)C2CC(C)C1C(=O)COc1ccc(F)cc1C#N. The number of Topliss-reactive ketones (excluding diaryl/α,β-unsaturated/α-hetero) is 1. The zero-order valence-corrected chi connectivity index (χ0v) is 20.8. The summed E-state index contributed by atoms with van der Waals surface area (Å²) in [4.78, 5) is 13.5. The van der Waals surface area contributed by atoms with Gasteiger partial charge in [0, 0.05) is 5.92 Å². The minimum absolute atomic E-state index is 0.00274. The number of ether oxygens (including phenoxy) is 1. The fraction of sp³-hybridized carbons (Fsp3) is 0.724. The van der Waals surface area contributed by atoms with Gasteiger partial charge in [-0.25, -0.2) is 4.39 Å². The summed E-state index contributed by atoms with van der Waals surface area (Å²) >= 11 is 0. The average Bonchev–Trinajstić information content (AvgIpc) is 3.08. The molecule has 3 aliphatic rings. The molecule has 4 heteroatoms. The first-order valence-electron chi connectivity index (χ1n) is 13.2. The monoisotopic (exact) mass is 453 g/mol. The number of halogens is 1. The van der Waals surface area contributed by atoms with E-state index in [0.29, 0.717) is 17.6 Å². The van der Waals surface area contributed by atoms with Crippen molar-refractivity contribution in [1.82, 2.24) is 0 Å². The van der Waals surface area contributed by atoms with E-state index in [1.165, 1.54) is 50.7 Å². The van der Waals surface area contributed by atoms with Crippen molar-refractivity contribution >= 4 is 5.78 Å². The highest BCUT2D eigenvalue weighted by molar-refractivity contribution is 5.84. The van der Waals surface area contributed by atoms with Crippen LogP contribution < -0.4 is 4.74 Å². The van der Waals surface area contributed by atoms with Crippen LogP contribution in [0.1, 0.15) is 84.6 Å². The minimum atomic E-state index is -0.471.